The predicted molar refractivity (Wildman–Crippen MR) is 288 cm³/mol. The van der Waals surface area contributed by atoms with Crippen LogP contribution >= 0.6 is 56.6 Å². The van der Waals surface area contributed by atoms with Gasteiger partial charge in [-0.25, -0.2) is 19.3 Å². The summed E-state index contributed by atoms with van der Waals surface area (Å²) in [5.41, 5.74) is -1.90. The molecule has 12 nitrogen and oxygen atoms in total. The maximum Gasteiger partial charge on any atom is 0.410 e. The van der Waals surface area contributed by atoms with Gasteiger partial charge < -0.3 is 19.9 Å². The van der Waals surface area contributed by atoms with E-state index < -0.39 is 21.8 Å². The number of hydrogen-bond acceptors (Lipinski definition) is 11. The maximum absolute atomic E-state index is 12.2. The third-order valence-electron chi connectivity index (χ3n) is 13.0. The van der Waals surface area contributed by atoms with Gasteiger partial charge in [0.15, 0.2) is 0 Å². The standard InChI is InChI=1S/C22H32N4O2S.C17H24N4S.C13H15IN2S/c1-17(2)22(16-23,18-8-9-19(24-6)29-18)10-7-11-25-12-14-26(15-13-25)20(27)28-21(3,4)5;1-14(2)17(13-18,15-5-6-16(19-3)22-15)7-4-10-21-11-8-20-9-12-21;1-10(2)13(9-15,7-4-8-14)11-5-6-12(16-3)17-11/h8-9,17H,7,10-15H2,1-5H3;5-6,14,20H,4,7-12H2,1-2H3;5-6,10H,4,7-8H2,1-2H3. The molecule has 0 aromatic carbocycles. The Morgan fingerprint density at radius 3 is 1.29 bits per heavy atom. The molecule has 1 amide bonds. The number of nitrogens with one attached hydrogen (secondary N) is 1. The highest BCUT2D eigenvalue weighted by Gasteiger charge is 2.39. The van der Waals surface area contributed by atoms with Gasteiger partial charge in [-0.1, -0.05) is 82.3 Å². The second-order valence-electron chi connectivity index (χ2n) is 19.4. The molecule has 68 heavy (non-hydrogen) atoms. The van der Waals surface area contributed by atoms with Crippen molar-refractivity contribution < 1.29 is 9.53 Å². The zero-order valence-electron chi connectivity index (χ0n) is 41.7. The number of nitriles is 3. The maximum atomic E-state index is 12.2. The molecule has 5 rings (SSSR count). The van der Waals surface area contributed by atoms with Crippen molar-refractivity contribution in [3.05, 3.63) is 85.3 Å². The first-order valence-corrected chi connectivity index (χ1v) is 27.7. The van der Waals surface area contributed by atoms with Gasteiger partial charge in [0.2, 0.25) is 15.0 Å². The summed E-state index contributed by atoms with van der Waals surface area (Å²) in [6, 6.07) is 19.0. The van der Waals surface area contributed by atoms with Gasteiger partial charge in [0.1, 0.15) is 5.60 Å². The summed E-state index contributed by atoms with van der Waals surface area (Å²) >= 11 is 6.73. The molecule has 2 saturated heterocycles. The van der Waals surface area contributed by atoms with Crippen LogP contribution in [0.1, 0.15) is 115 Å². The Morgan fingerprint density at radius 2 is 1.00 bits per heavy atom. The van der Waals surface area contributed by atoms with Crippen molar-refractivity contribution in [3.63, 3.8) is 0 Å². The molecule has 0 spiro atoms. The van der Waals surface area contributed by atoms with Crippen molar-refractivity contribution in [1.82, 2.24) is 20.0 Å². The Morgan fingerprint density at radius 1 is 0.647 bits per heavy atom. The number of rotatable bonds is 17. The van der Waals surface area contributed by atoms with Crippen molar-refractivity contribution in [1.29, 1.82) is 15.8 Å². The van der Waals surface area contributed by atoms with Gasteiger partial charge in [-0.15, -0.1) is 0 Å². The molecule has 16 heteroatoms. The summed E-state index contributed by atoms with van der Waals surface area (Å²) in [5, 5.41) is 34.8. The van der Waals surface area contributed by atoms with Gasteiger partial charge in [0.25, 0.3) is 0 Å². The fraction of sp³-hybridized carbons (Fsp3) is 0.635. The highest BCUT2D eigenvalue weighted by Crippen LogP contribution is 2.45. The van der Waals surface area contributed by atoms with Gasteiger partial charge in [-0.05, 0) is 113 Å². The fourth-order valence-electron chi connectivity index (χ4n) is 8.62. The smallest absolute Gasteiger partial charge is 0.410 e. The number of carbonyl (C=O) groups is 1. The summed E-state index contributed by atoms with van der Waals surface area (Å²) in [6.07, 6.45) is 5.24. The van der Waals surface area contributed by atoms with E-state index in [0.717, 1.165) is 110 Å². The average molecular weight is 1090 g/mol. The van der Waals surface area contributed by atoms with Crippen LogP contribution in [0.2, 0.25) is 0 Å². The van der Waals surface area contributed by atoms with E-state index in [2.05, 4.69) is 112 Å². The van der Waals surface area contributed by atoms with Crippen LogP contribution in [-0.2, 0) is 21.0 Å². The second-order valence-corrected chi connectivity index (χ2v) is 23.6. The van der Waals surface area contributed by atoms with Crippen molar-refractivity contribution in [2.45, 2.75) is 123 Å². The van der Waals surface area contributed by atoms with E-state index in [1.807, 2.05) is 57.2 Å². The summed E-state index contributed by atoms with van der Waals surface area (Å²) in [7, 11) is 0. The van der Waals surface area contributed by atoms with Gasteiger partial charge in [0.05, 0.1) is 54.2 Å². The Balaban J connectivity index is 0.000000280. The molecule has 0 aliphatic carbocycles. The van der Waals surface area contributed by atoms with Crippen molar-refractivity contribution in [3.8, 4) is 18.2 Å². The number of ether oxygens (including phenoxy) is 1. The molecule has 3 atom stereocenters. The minimum absolute atomic E-state index is 0.175. The van der Waals surface area contributed by atoms with Crippen molar-refractivity contribution in [2.75, 3.05) is 69.9 Å². The molecule has 366 valence electrons. The number of alkyl halides is 1. The Labute approximate surface area is 433 Å². The van der Waals surface area contributed by atoms with E-state index in [1.165, 1.54) is 34.0 Å². The summed E-state index contributed by atoms with van der Waals surface area (Å²) in [6.45, 7) is 48.8. The molecule has 3 aromatic rings. The van der Waals surface area contributed by atoms with E-state index in [4.69, 9.17) is 24.5 Å². The molecule has 3 aromatic heterocycles. The predicted octanol–water partition coefficient (Wildman–Crippen LogP) is 13.4. The first kappa shape index (κ1) is 58.2. The number of hydrogen-bond donors (Lipinski definition) is 1. The van der Waals surface area contributed by atoms with Crippen LogP contribution in [0.5, 0.6) is 0 Å². The van der Waals surface area contributed by atoms with Gasteiger partial charge in [0, 0.05) is 67.0 Å². The van der Waals surface area contributed by atoms with Gasteiger partial charge >= 0.3 is 6.09 Å². The summed E-state index contributed by atoms with van der Waals surface area (Å²) in [4.78, 5) is 32.3. The SMILES string of the molecule is [C-]#[N+]c1ccc(C(C#N)(CCCI)C(C)C)s1.[C-]#[N+]c1ccc(C(C#N)(CCCN2CCN(C(=O)OC(C)(C)C)CC2)C(C)C)s1.[C-]#[N+]c1ccc(C(C#N)(CCCN2CCNCC2)C(C)C)s1. The molecule has 0 bridgehead atoms. The van der Waals surface area contributed by atoms with E-state index in [0.29, 0.717) is 28.1 Å². The number of nitrogens with zero attached hydrogens (tertiary/aromatic N) is 9. The molecule has 3 unspecified atom stereocenters. The van der Waals surface area contributed by atoms with E-state index in [-0.39, 0.29) is 23.8 Å². The average Bonchev–Trinajstić information content (AvgIpc) is 4.13. The van der Waals surface area contributed by atoms with Crippen LogP contribution < -0.4 is 5.32 Å². The lowest BCUT2D eigenvalue weighted by Gasteiger charge is -2.36. The number of piperazine rings is 2. The molecular formula is C52H71IN10O2S3. The van der Waals surface area contributed by atoms with E-state index in [1.54, 1.807) is 4.90 Å². The van der Waals surface area contributed by atoms with E-state index in [9.17, 15) is 20.6 Å². The lowest BCUT2D eigenvalue weighted by atomic mass is 9.73. The number of thiophene rings is 3. The Kier molecular flexibility index (Phi) is 23.9. The quantitative estimate of drug-likeness (QED) is 0.0803. The first-order valence-electron chi connectivity index (χ1n) is 23.7. The molecule has 2 aliphatic heterocycles. The lowest BCUT2D eigenvalue weighted by molar-refractivity contribution is 0.0143. The Hall–Kier alpha value is -4.08. The van der Waals surface area contributed by atoms with Crippen molar-refractivity contribution in [2.24, 2.45) is 17.8 Å². The second kappa shape index (κ2) is 27.9. The molecular weight excluding hydrogens is 1020 g/mol. The lowest BCUT2D eigenvalue weighted by Crippen LogP contribution is -2.50. The van der Waals surface area contributed by atoms with Crippen LogP contribution in [0.25, 0.3) is 14.5 Å². The van der Waals surface area contributed by atoms with Gasteiger partial charge in [-0.2, -0.15) is 49.8 Å². The van der Waals surface area contributed by atoms with Crippen LogP contribution in [0.3, 0.4) is 0 Å². The highest BCUT2D eigenvalue weighted by molar-refractivity contribution is 14.1. The fourth-order valence-corrected chi connectivity index (χ4v) is 12.3. The minimum Gasteiger partial charge on any atom is -0.444 e. The molecule has 5 heterocycles. The monoisotopic (exact) mass is 1090 g/mol. The molecule has 0 saturated carbocycles. The third-order valence-corrected chi connectivity index (χ3v) is 17.2. The topological polar surface area (TPSA) is 132 Å². The summed E-state index contributed by atoms with van der Waals surface area (Å²) in [5.74, 6) is 0.694. The zero-order chi connectivity index (χ0) is 50.5. The van der Waals surface area contributed by atoms with Crippen LogP contribution in [-0.4, -0.2) is 96.3 Å². The number of amides is 1. The number of carbonyl (C=O) groups excluding carboxylic acids is 1. The Bertz CT molecular complexity index is 2290. The molecule has 1 N–H and O–H groups in total. The van der Waals surface area contributed by atoms with E-state index >= 15 is 0 Å². The zero-order valence-corrected chi connectivity index (χ0v) is 46.3. The number of halogens is 1. The highest BCUT2D eigenvalue weighted by atomic mass is 127. The van der Waals surface area contributed by atoms with Gasteiger partial charge in [-0.3, -0.25) is 4.90 Å². The van der Waals surface area contributed by atoms with Crippen LogP contribution in [0.15, 0.2) is 36.4 Å². The molecule has 2 aliphatic rings. The van der Waals surface area contributed by atoms with Crippen molar-refractivity contribution >= 4 is 77.7 Å². The summed E-state index contributed by atoms with van der Waals surface area (Å²) < 4.78 is 6.52. The first-order chi connectivity index (χ1) is 32.3. The van der Waals surface area contributed by atoms with Crippen LogP contribution in [0.4, 0.5) is 19.8 Å². The third kappa shape index (κ3) is 16.0. The normalized spacial score (nSPS) is 17.0. The minimum atomic E-state index is -0.550. The molecule has 0 radical (unpaired) electrons. The largest absolute Gasteiger partial charge is 0.444 e. The van der Waals surface area contributed by atoms with Crippen LogP contribution in [0, 0.1) is 71.5 Å². The molecule has 2 fully saturated rings.